The smallest absolute Gasteiger partial charge is 0.281 e. The molecule has 0 bridgehead atoms. The topological polar surface area (TPSA) is 60.2 Å². The van der Waals surface area contributed by atoms with E-state index < -0.39 is 4.92 Å². The molecule has 0 spiro atoms. The van der Waals surface area contributed by atoms with E-state index in [1.807, 2.05) is 0 Å². The molecular formula is C10H11NO3S. The van der Waals surface area contributed by atoms with Gasteiger partial charge in [0.2, 0.25) is 0 Å². The lowest BCUT2D eigenvalue weighted by atomic mass is 10.1. The van der Waals surface area contributed by atoms with Gasteiger partial charge in [-0.15, -0.1) is 11.8 Å². The van der Waals surface area contributed by atoms with Crippen molar-refractivity contribution in [1.29, 1.82) is 0 Å². The molecule has 0 aliphatic rings. The van der Waals surface area contributed by atoms with E-state index in [0.29, 0.717) is 4.90 Å². The monoisotopic (exact) mass is 225 g/mol. The number of hydrogen-bond donors (Lipinski definition) is 0. The third kappa shape index (κ3) is 2.36. The summed E-state index contributed by atoms with van der Waals surface area (Å²) in [5, 5.41) is 10.8. The van der Waals surface area contributed by atoms with Gasteiger partial charge < -0.3 is 0 Å². The van der Waals surface area contributed by atoms with Crippen molar-refractivity contribution >= 4 is 23.2 Å². The van der Waals surface area contributed by atoms with Crippen LogP contribution in [-0.4, -0.2) is 17.0 Å². The third-order valence-corrected chi connectivity index (χ3v) is 2.80. The number of ketones is 1. The molecule has 0 fully saturated rings. The van der Waals surface area contributed by atoms with Gasteiger partial charge in [-0.3, -0.25) is 14.9 Å². The van der Waals surface area contributed by atoms with Crippen LogP contribution in [0.15, 0.2) is 23.1 Å². The van der Waals surface area contributed by atoms with E-state index in [-0.39, 0.29) is 23.5 Å². The normalized spacial score (nSPS) is 10.0. The molecule has 1 aromatic rings. The minimum Gasteiger partial charge on any atom is -0.294 e. The number of rotatable bonds is 4. The van der Waals surface area contributed by atoms with Gasteiger partial charge in [-0.25, -0.2) is 0 Å². The molecule has 0 radical (unpaired) electrons. The summed E-state index contributed by atoms with van der Waals surface area (Å²) in [7, 11) is 0. The molecular weight excluding hydrogens is 214 g/mol. The molecule has 0 saturated heterocycles. The number of nitrogens with zero attached hydrogens (tertiary/aromatic N) is 1. The summed E-state index contributed by atoms with van der Waals surface area (Å²) in [5.74, 6) is -0.188. The Morgan fingerprint density at radius 1 is 1.53 bits per heavy atom. The van der Waals surface area contributed by atoms with E-state index in [2.05, 4.69) is 0 Å². The summed E-state index contributed by atoms with van der Waals surface area (Å²) in [4.78, 5) is 22.5. The summed E-state index contributed by atoms with van der Waals surface area (Å²) >= 11 is 1.35. The second kappa shape index (κ2) is 4.93. The molecule has 0 unspecified atom stereocenters. The molecule has 15 heavy (non-hydrogen) atoms. The number of carbonyl (C=O) groups excluding carboxylic acids is 1. The van der Waals surface area contributed by atoms with E-state index in [4.69, 9.17) is 0 Å². The first-order valence-electron chi connectivity index (χ1n) is 4.46. The van der Waals surface area contributed by atoms with Gasteiger partial charge in [0, 0.05) is 17.4 Å². The second-order valence-electron chi connectivity index (χ2n) is 2.89. The van der Waals surface area contributed by atoms with Gasteiger partial charge in [0.1, 0.15) is 5.56 Å². The number of carbonyl (C=O) groups is 1. The lowest BCUT2D eigenvalue weighted by Crippen LogP contribution is -2.04. The maximum absolute atomic E-state index is 11.6. The van der Waals surface area contributed by atoms with E-state index in [9.17, 15) is 14.9 Å². The Morgan fingerprint density at radius 3 is 2.67 bits per heavy atom. The molecule has 80 valence electrons. The van der Waals surface area contributed by atoms with Gasteiger partial charge in [0.05, 0.1) is 4.92 Å². The fraction of sp³-hybridized carbons (Fsp3) is 0.300. The van der Waals surface area contributed by atoms with Crippen molar-refractivity contribution in [3.8, 4) is 0 Å². The van der Waals surface area contributed by atoms with E-state index in [0.717, 1.165) is 0 Å². The number of thioether (sulfide) groups is 1. The zero-order chi connectivity index (χ0) is 11.4. The van der Waals surface area contributed by atoms with Crippen molar-refractivity contribution in [2.75, 3.05) is 6.26 Å². The zero-order valence-corrected chi connectivity index (χ0v) is 9.34. The molecule has 0 amide bonds. The zero-order valence-electron chi connectivity index (χ0n) is 8.52. The van der Waals surface area contributed by atoms with Gasteiger partial charge >= 0.3 is 0 Å². The molecule has 4 nitrogen and oxygen atoms in total. The average molecular weight is 225 g/mol. The van der Waals surface area contributed by atoms with Crippen molar-refractivity contribution in [3.63, 3.8) is 0 Å². The summed E-state index contributed by atoms with van der Waals surface area (Å²) in [6.45, 7) is 1.70. The van der Waals surface area contributed by atoms with Gasteiger partial charge in [0.25, 0.3) is 5.69 Å². The Hall–Kier alpha value is -1.36. The molecule has 5 heteroatoms. The fourth-order valence-corrected chi connectivity index (χ4v) is 1.94. The number of Topliss-reactive ketones (excluding diaryl/α,β-unsaturated/α-hetero) is 1. The van der Waals surface area contributed by atoms with Crippen LogP contribution in [0.2, 0.25) is 0 Å². The first kappa shape index (κ1) is 11.7. The number of nitro groups is 1. The Bertz CT molecular complexity index is 404. The first-order valence-corrected chi connectivity index (χ1v) is 5.68. The van der Waals surface area contributed by atoms with Gasteiger partial charge in [-0.2, -0.15) is 0 Å². The van der Waals surface area contributed by atoms with Gasteiger partial charge in [0.15, 0.2) is 5.78 Å². The molecule has 0 aromatic heterocycles. The number of hydrogen-bond acceptors (Lipinski definition) is 4. The van der Waals surface area contributed by atoms with Crippen LogP contribution >= 0.6 is 11.8 Å². The quantitative estimate of drug-likeness (QED) is 0.342. The predicted octanol–water partition coefficient (Wildman–Crippen LogP) is 2.91. The van der Waals surface area contributed by atoms with Gasteiger partial charge in [-0.05, 0) is 12.3 Å². The van der Waals surface area contributed by atoms with Crippen molar-refractivity contribution in [2.45, 2.75) is 18.2 Å². The largest absolute Gasteiger partial charge is 0.294 e. The Balaban J connectivity index is 3.40. The molecule has 1 aromatic carbocycles. The highest BCUT2D eigenvalue weighted by atomic mass is 32.2. The minimum absolute atomic E-state index is 0.103. The van der Waals surface area contributed by atoms with Gasteiger partial charge in [-0.1, -0.05) is 13.0 Å². The summed E-state index contributed by atoms with van der Waals surface area (Å²) < 4.78 is 0. The Kier molecular flexibility index (Phi) is 3.85. The van der Waals surface area contributed by atoms with Crippen LogP contribution in [0, 0.1) is 10.1 Å². The summed E-state index contributed by atoms with van der Waals surface area (Å²) in [6.07, 6.45) is 2.07. The molecule has 0 saturated carbocycles. The highest BCUT2D eigenvalue weighted by molar-refractivity contribution is 7.98. The molecule has 1 rings (SSSR count). The SMILES string of the molecule is CCC(=O)c1c(SC)cccc1[N+](=O)[O-]. The first-order chi connectivity index (χ1) is 7.11. The number of benzene rings is 1. The van der Waals surface area contributed by atoms with Crippen molar-refractivity contribution in [1.82, 2.24) is 0 Å². The Labute approximate surface area is 91.8 Å². The second-order valence-corrected chi connectivity index (χ2v) is 3.74. The molecule has 0 aliphatic heterocycles. The third-order valence-electron chi connectivity index (χ3n) is 2.02. The van der Waals surface area contributed by atoms with Crippen LogP contribution in [0.1, 0.15) is 23.7 Å². The summed E-state index contributed by atoms with van der Waals surface area (Å²) in [5.41, 5.74) is 0.131. The van der Waals surface area contributed by atoms with E-state index in [1.165, 1.54) is 17.8 Å². The number of nitro benzene ring substituents is 1. The van der Waals surface area contributed by atoms with E-state index >= 15 is 0 Å². The summed E-state index contributed by atoms with van der Waals surface area (Å²) in [6, 6.07) is 4.68. The standard InChI is InChI=1S/C10H11NO3S/c1-3-8(12)10-7(11(13)14)5-4-6-9(10)15-2/h4-6H,3H2,1-2H3. The predicted molar refractivity (Wildman–Crippen MR) is 59.5 cm³/mol. The van der Waals surface area contributed by atoms with Crippen LogP contribution in [0.5, 0.6) is 0 Å². The highest BCUT2D eigenvalue weighted by Gasteiger charge is 2.21. The fourth-order valence-electron chi connectivity index (χ4n) is 1.30. The highest BCUT2D eigenvalue weighted by Crippen LogP contribution is 2.29. The average Bonchev–Trinajstić information content (AvgIpc) is 2.26. The molecule has 0 N–H and O–H groups in total. The molecule has 0 aliphatic carbocycles. The van der Waals surface area contributed by atoms with Crippen molar-refractivity contribution < 1.29 is 9.72 Å². The van der Waals surface area contributed by atoms with Crippen molar-refractivity contribution in [3.05, 3.63) is 33.9 Å². The van der Waals surface area contributed by atoms with Crippen LogP contribution in [0.4, 0.5) is 5.69 Å². The Morgan fingerprint density at radius 2 is 2.20 bits per heavy atom. The minimum atomic E-state index is -0.511. The maximum atomic E-state index is 11.6. The van der Waals surface area contributed by atoms with Crippen molar-refractivity contribution in [2.24, 2.45) is 0 Å². The lowest BCUT2D eigenvalue weighted by molar-refractivity contribution is -0.385. The molecule has 0 heterocycles. The van der Waals surface area contributed by atoms with Crippen LogP contribution in [0.25, 0.3) is 0 Å². The lowest BCUT2D eigenvalue weighted by Gasteiger charge is -2.05. The maximum Gasteiger partial charge on any atom is 0.281 e. The van der Waals surface area contributed by atoms with Crippen LogP contribution in [0.3, 0.4) is 0 Å². The van der Waals surface area contributed by atoms with Crippen LogP contribution in [-0.2, 0) is 0 Å². The van der Waals surface area contributed by atoms with E-state index in [1.54, 1.807) is 25.3 Å². The van der Waals surface area contributed by atoms with Crippen LogP contribution < -0.4 is 0 Å². The molecule has 0 atom stereocenters.